The van der Waals surface area contributed by atoms with Gasteiger partial charge in [-0.25, -0.2) is 0 Å². The van der Waals surface area contributed by atoms with Crippen LogP contribution in [0, 0.1) is 10.1 Å². The van der Waals surface area contributed by atoms with Crippen LogP contribution in [0.1, 0.15) is 10.4 Å². The van der Waals surface area contributed by atoms with Gasteiger partial charge in [0.1, 0.15) is 4.84 Å². The van der Waals surface area contributed by atoms with Crippen molar-refractivity contribution in [2.24, 2.45) is 0 Å². The molecule has 0 aromatic heterocycles. The Morgan fingerprint density at radius 1 is 1.25 bits per heavy atom. The highest BCUT2D eigenvalue weighted by atomic mass is 35.5. The molecule has 16 heavy (non-hydrogen) atoms. The molecule has 7 heteroatoms. The Balaban J connectivity index is 3.41. The van der Waals surface area contributed by atoms with Crippen molar-refractivity contribution in [3.8, 4) is 11.5 Å². The molecule has 0 atom stereocenters. The first kappa shape index (κ1) is 12.9. The molecule has 0 spiro atoms. The fraction of sp³-hybridized carbons (Fsp3) is 0.333. The second-order valence-corrected chi connectivity index (χ2v) is 3.92. The molecule has 1 aromatic rings. The van der Waals surface area contributed by atoms with Crippen LogP contribution >= 0.6 is 23.2 Å². The molecule has 0 aliphatic heterocycles. The Morgan fingerprint density at radius 2 is 1.75 bits per heavy atom. The monoisotopic (exact) mass is 265 g/mol. The molecule has 0 bridgehead atoms. The summed E-state index contributed by atoms with van der Waals surface area (Å²) in [5.41, 5.74) is -0.0290. The van der Waals surface area contributed by atoms with Crippen LogP contribution in [-0.4, -0.2) is 19.1 Å². The number of benzene rings is 1. The van der Waals surface area contributed by atoms with Crippen molar-refractivity contribution in [2.45, 2.75) is 4.84 Å². The van der Waals surface area contributed by atoms with E-state index in [0.29, 0.717) is 5.75 Å². The molecule has 0 aliphatic carbocycles. The number of nitro benzene ring substituents is 1. The van der Waals surface area contributed by atoms with Crippen LogP contribution in [0.3, 0.4) is 0 Å². The SMILES string of the molecule is COc1cc(C(Cl)Cl)c([N+](=O)[O-])cc1OC. The van der Waals surface area contributed by atoms with Crippen molar-refractivity contribution in [1.82, 2.24) is 0 Å². The first-order valence-corrected chi connectivity index (χ1v) is 5.07. The Morgan fingerprint density at radius 3 is 2.12 bits per heavy atom. The van der Waals surface area contributed by atoms with Crippen LogP contribution in [0.2, 0.25) is 0 Å². The van der Waals surface area contributed by atoms with Crippen LogP contribution in [0.25, 0.3) is 0 Å². The first-order chi connectivity index (χ1) is 7.51. The number of nitro groups is 1. The van der Waals surface area contributed by atoms with Gasteiger partial charge in [0.25, 0.3) is 5.69 Å². The third-order valence-corrected chi connectivity index (χ3v) is 2.43. The molecule has 0 fully saturated rings. The molecule has 0 saturated heterocycles. The lowest BCUT2D eigenvalue weighted by atomic mass is 10.2. The maximum atomic E-state index is 10.8. The molecular weight excluding hydrogens is 257 g/mol. The fourth-order valence-electron chi connectivity index (χ4n) is 1.22. The maximum Gasteiger partial charge on any atom is 0.279 e. The summed E-state index contributed by atoms with van der Waals surface area (Å²) in [6.07, 6.45) is 0. The molecule has 0 radical (unpaired) electrons. The average Bonchev–Trinajstić information content (AvgIpc) is 2.26. The zero-order valence-electron chi connectivity index (χ0n) is 8.57. The first-order valence-electron chi connectivity index (χ1n) is 4.19. The van der Waals surface area contributed by atoms with Gasteiger partial charge in [-0.2, -0.15) is 0 Å². The van der Waals surface area contributed by atoms with E-state index in [1.165, 1.54) is 26.4 Å². The van der Waals surface area contributed by atoms with Gasteiger partial charge in [0.2, 0.25) is 0 Å². The van der Waals surface area contributed by atoms with E-state index in [-0.39, 0.29) is 17.0 Å². The number of hydrogen-bond acceptors (Lipinski definition) is 4. The van der Waals surface area contributed by atoms with Crippen molar-refractivity contribution < 1.29 is 14.4 Å². The quantitative estimate of drug-likeness (QED) is 0.477. The molecule has 5 nitrogen and oxygen atoms in total. The van der Waals surface area contributed by atoms with Gasteiger partial charge in [0.15, 0.2) is 11.5 Å². The zero-order chi connectivity index (χ0) is 12.3. The van der Waals surface area contributed by atoms with Crippen LogP contribution in [0.5, 0.6) is 11.5 Å². The lowest BCUT2D eigenvalue weighted by Gasteiger charge is -2.10. The average molecular weight is 266 g/mol. The van der Waals surface area contributed by atoms with E-state index in [9.17, 15) is 10.1 Å². The van der Waals surface area contributed by atoms with E-state index < -0.39 is 9.76 Å². The molecule has 1 rings (SSSR count). The maximum absolute atomic E-state index is 10.8. The van der Waals surface area contributed by atoms with Crippen molar-refractivity contribution in [1.29, 1.82) is 0 Å². The van der Waals surface area contributed by atoms with Gasteiger partial charge in [-0.3, -0.25) is 10.1 Å². The summed E-state index contributed by atoms with van der Waals surface area (Å²) in [6.45, 7) is 0. The second kappa shape index (κ2) is 5.23. The fourth-order valence-corrected chi connectivity index (χ4v) is 1.57. The van der Waals surface area contributed by atoms with E-state index in [1.54, 1.807) is 0 Å². The van der Waals surface area contributed by atoms with Gasteiger partial charge in [-0.15, -0.1) is 0 Å². The predicted molar refractivity (Wildman–Crippen MR) is 60.6 cm³/mol. The van der Waals surface area contributed by atoms with Crippen LogP contribution in [-0.2, 0) is 0 Å². The van der Waals surface area contributed by atoms with Gasteiger partial charge in [0, 0.05) is 0 Å². The summed E-state index contributed by atoms with van der Waals surface area (Å²) in [5.74, 6) is 0.598. The minimum absolute atomic E-state index is 0.172. The summed E-state index contributed by atoms with van der Waals surface area (Å²) in [5, 5.41) is 10.8. The van der Waals surface area contributed by atoms with Crippen molar-refractivity contribution in [2.75, 3.05) is 14.2 Å². The summed E-state index contributed by atoms with van der Waals surface area (Å²) in [6, 6.07) is 2.62. The highest BCUT2D eigenvalue weighted by Crippen LogP contribution is 2.40. The summed E-state index contributed by atoms with van der Waals surface area (Å²) < 4.78 is 9.94. The molecule has 0 heterocycles. The third kappa shape index (κ3) is 2.48. The number of ether oxygens (including phenoxy) is 2. The zero-order valence-corrected chi connectivity index (χ0v) is 10.1. The number of alkyl halides is 2. The number of hydrogen-bond donors (Lipinski definition) is 0. The smallest absolute Gasteiger partial charge is 0.279 e. The number of methoxy groups -OCH3 is 2. The van der Waals surface area contributed by atoms with Crippen molar-refractivity contribution in [3.05, 3.63) is 27.8 Å². The van der Waals surface area contributed by atoms with Crippen molar-refractivity contribution >= 4 is 28.9 Å². The normalized spacial score (nSPS) is 10.3. The topological polar surface area (TPSA) is 61.6 Å². The minimum atomic E-state index is -1.000. The summed E-state index contributed by atoms with van der Waals surface area (Å²) in [4.78, 5) is 9.21. The molecule has 88 valence electrons. The molecule has 0 amide bonds. The predicted octanol–water partition coefficient (Wildman–Crippen LogP) is 3.09. The molecule has 0 unspecified atom stereocenters. The lowest BCUT2D eigenvalue weighted by molar-refractivity contribution is -0.385. The summed E-state index contributed by atoms with van der Waals surface area (Å²) >= 11 is 11.3. The van der Waals surface area contributed by atoms with Crippen molar-refractivity contribution in [3.63, 3.8) is 0 Å². The van der Waals surface area contributed by atoms with E-state index >= 15 is 0 Å². The van der Waals surface area contributed by atoms with E-state index in [0.717, 1.165) is 0 Å². The van der Waals surface area contributed by atoms with E-state index in [2.05, 4.69) is 0 Å². The lowest BCUT2D eigenvalue weighted by Crippen LogP contribution is -1.99. The third-order valence-electron chi connectivity index (χ3n) is 1.96. The molecule has 0 aliphatic rings. The Bertz CT molecular complexity index is 409. The molecule has 0 saturated carbocycles. The molecule has 0 N–H and O–H groups in total. The van der Waals surface area contributed by atoms with Crippen LogP contribution < -0.4 is 9.47 Å². The number of nitrogens with zero attached hydrogens (tertiary/aromatic N) is 1. The Kier molecular flexibility index (Phi) is 4.20. The Hall–Kier alpha value is -1.20. The van der Waals surface area contributed by atoms with Gasteiger partial charge >= 0.3 is 0 Å². The van der Waals surface area contributed by atoms with E-state index in [1.807, 2.05) is 0 Å². The van der Waals surface area contributed by atoms with Gasteiger partial charge in [0.05, 0.1) is 30.8 Å². The van der Waals surface area contributed by atoms with Gasteiger partial charge in [-0.1, -0.05) is 23.2 Å². The second-order valence-electron chi connectivity index (χ2n) is 2.82. The molecule has 1 aromatic carbocycles. The van der Waals surface area contributed by atoms with Crippen LogP contribution in [0.4, 0.5) is 5.69 Å². The highest BCUT2D eigenvalue weighted by Gasteiger charge is 2.23. The standard InChI is InChI=1S/C9H9Cl2NO4/c1-15-7-3-5(9(10)11)6(12(13)14)4-8(7)16-2/h3-4,9H,1-2H3. The molecular formula is C9H9Cl2NO4. The minimum Gasteiger partial charge on any atom is -0.493 e. The van der Waals surface area contributed by atoms with E-state index in [4.69, 9.17) is 32.7 Å². The Labute approximate surface area is 102 Å². The summed E-state index contributed by atoms with van der Waals surface area (Å²) in [7, 11) is 2.81. The number of rotatable bonds is 4. The highest BCUT2D eigenvalue weighted by molar-refractivity contribution is 6.44. The van der Waals surface area contributed by atoms with Gasteiger partial charge in [-0.05, 0) is 6.07 Å². The van der Waals surface area contributed by atoms with Crippen LogP contribution in [0.15, 0.2) is 12.1 Å². The largest absolute Gasteiger partial charge is 0.493 e. The number of halogens is 2. The van der Waals surface area contributed by atoms with Gasteiger partial charge < -0.3 is 9.47 Å².